The first-order valence-electron chi connectivity index (χ1n) is 13.3. The average molecular weight is 579 g/mol. The predicted molar refractivity (Wildman–Crippen MR) is 154 cm³/mol. The number of benzene rings is 2. The summed E-state index contributed by atoms with van der Waals surface area (Å²) in [5, 5.41) is 21.2. The molecule has 14 heteroatoms. The fraction of sp³-hybridized carbons (Fsp3) is 0.370. The third kappa shape index (κ3) is 6.33. The molecule has 214 valence electrons. The average Bonchev–Trinajstić information content (AvgIpc) is 3.24. The number of nitro groups is 1. The van der Waals surface area contributed by atoms with Gasteiger partial charge in [0.15, 0.2) is 0 Å². The molecule has 0 atom stereocenters. The van der Waals surface area contributed by atoms with Crippen LogP contribution in [0.4, 0.5) is 17.1 Å². The van der Waals surface area contributed by atoms with Crippen LogP contribution in [0.5, 0.6) is 0 Å². The van der Waals surface area contributed by atoms with Gasteiger partial charge in [0.05, 0.1) is 22.0 Å². The lowest BCUT2D eigenvalue weighted by molar-refractivity contribution is -0.384. The van der Waals surface area contributed by atoms with Gasteiger partial charge in [-0.2, -0.15) is 0 Å². The number of nitrogens with one attached hydrogen (secondary N) is 2. The molecular formula is C27H30N8O5S. The van der Waals surface area contributed by atoms with Crippen LogP contribution in [0.15, 0.2) is 42.5 Å². The summed E-state index contributed by atoms with van der Waals surface area (Å²) in [6, 6.07) is 10.6. The summed E-state index contributed by atoms with van der Waals surface area (Å²) in [5.74, 6) is -0.668. The second-order valence-corrected chi connectivity index (χ2v) is 10.6. The van der Waals surface area contributed by atoms with Crippen LogP contribution in [-0.4, -0.2) is 94.4 Å². The number of nitrogens with zero attached hydrogens (tertiary/aromatic N) is 6. The lowest BCUT2D eigenvalue weighted by Crippen LogP contribution is -2.49. The molecule has 0 spiro atoms. The van der Waals surface area contributed by atoms with Crippen molar-refractivity contribution in [3.8, 4) is 0 Å². The van der Waals surface area contributed by atoms with Crippen LogP contribution in [0, 0.1) is 17.0 Å². The van der Waals surface area contributed by atoms with E-state index in [2.05, 4.69) is 25.1 Å². The number of hydrogen-bond donors (Lipinski definition) is 2. The van der Waals surface area contributed by atoms with Crippen molar-refractivity contribution in [1.82, 2.24) is 24.7 Å². The molecule has 0 bridgehead atoms. The van der Waals surface area contributed by atoms with Crippen molar-refractivity contribution < 1.29 is 19.3 Å². The monoisotopic (exact) mass is 578 g/mol. The summed E-state index contributed by atoms with van der Waals surface area (Å²) in [6.07, 6.45) is 0.855. The number of carbonyl (C=O) groups excluding carboxylic acids is 3. The number of amides is 3. The number of piperazine rings is 1. The molecule has 2 fully saturated rings. The molecule has 0 aliphatic carbocycles. The van der Waals surface area contributed by atoms with E-state index < -0.39 is 10.8 Å². The molecule has 0 radical (unpaired) electrons. The van der Waals surface area contributed by atoms with Crippen molar-refractivity contribution in [3.05, 3.63) is 74.3 Å². The van der Waals surface area contributed by atoms with E-state index in [4.69, 9.17) is 0 Å². The minimum atomic E-state index is -0.523. The first-order chi connectivity index (χ1) is 19.8. The Labute approximate surface area is 240 Å². The van der Waals surface area contributed by atoms with Crippen LogP contribution in [0.25, 0.3) is 0 Å². The Morgan fingerprint density at radius 2 is 1.63 bits per heavy atom. The fourth-order valence-electron chi connectivity index (χ4n) is 4.93. The Balaban J connectivity index is 1.38. The highest BCUT2D eigenvalue weighted by atomic mass is 32.1. The van der Waals surface area contributed by atoms with Gasteiger partial charge in [-0.1, -0.05) is 4.49 Å². The molecule has 41 heavy (non-hydrogen) atoms. The summed E-state index contributed by atoms with van der Waals surface area (Å²) in [7, 11) is 0. The zero-order valence-corrected chi connectivity index (χ0v) is 23.4. The molecule has 2 aliphatic rings. The Kier molecular flexibility index (Phi) is 8.50. The molecule has 2 aromatic carbocycles. The molecule has 1 aromatic heterocycles. The minimum Gasteiger partial charge on any atom is -0.366 e. The van der Waals surface area contributed by atoms with Gasteiger partial charge in [0.2, 0.25) is 0 Å². The van der Waals surface area contributed by atoms with Crippen molar-refractivity contribution >= 4 is 46.3 Å². The van der Waals surface area contributed by atoms with E-state index >= 15 is 0 Å². The number of nitro benzene ring substituents is 1. The quantitative estimate of drug-likeness (QED) is 0.331. The number of aromatic nitrogens is 2. The maximum atomic E-state index is 13.4. The van der Waals surface area contributed by atoms with Crippen molar-refractivity contribution in [2.75, 3.05) is 62.6 Å². The summed E-state index contributed by atoms with van der Waals surface area (Å²) >= 11 is 1.08. The number of carbonyl (C=O) groups is 3. The van der Waals surface area contributed by atoms with E-state index in [-0.39, 0.29) is 23.1 Å². The van der Waals surface area contributed by atoms with E-state index in [0.717, 1.165) is 30.2 Å². The number of hydrogen-bond acceptors (Lipinski definition) is 10. The molecule has 2 N–H and O–H groups in total. The van der Waals surface area contributed by atoms with E-state index in [1.807, 2.05) is 6.07 Å². The second kappa shape index (κ2) is 12.4. The summed E-state index contributed by atoms with van der Waals surface area (Å²) in [5.41, 5.74) is 2.38. The van der Waals surface area contributed by atoms with Crippen molar-refractivity contribution in [1.29, 1.82) is 0 Å². The standard InChI is InChI=1S/C27H30N8O5S/c1-18-24(41-31-30-18)27(38)34-15-13-32(14-16-34)23-8-5-20(26(37)33-11-2-9-28-10-12-33)17-22(23)29-25(36)19-3-6-21(7-4-19)35(39)40/h3-8,17,28H,2,9-16H2,1H3,(H,29,36). The summed E-state index contributed by atoms with van der Waals surface area (Å²) in [6.45, 7) is 6.53. The molecule has 0 unspecified atom stereocenters. The molecule has 13 nitrogen and oxygen atoms in total. The Morgan fingerprint density at radius 3 is 2.32 bits per heavy atom. The molecule has 0 saturated carbocycles. The highest BCUT2D eigenvalue weighted by Crippen LogP contribution is 2.30. The Morgan fingerprint density at radius 1 is 0.927 bits per heavy atom. The first-order valence-corrected chi connectivity index (χ1v) is 14.1. The second-order valence-electron chi connectivity index (χ2n) is 9.85. The number of aryl methyl sites for hydroxylation is 1. The van der Waals surface area contributed by atoms with Gasteiger partial charge in [-0.3, -0.25) is 24.5 Å². The smallest absolute Gasteiger partial charge is 0.269 e. The van der Waals surface area contributed by atoms with Gasteiger partial charge in [-0.25, -0.2) is 0 Å². The van der Waals surface area contributed by atoms with E-state index in [1.165, 1.54) is 24.3 Å². The predicted octanol–water partition coefficient (Wildman–Crippen LogP) is 2.40. The van der Waals surface area contributed by atoms with Crippen LogP contribution in [0.3, 0.4) is 0 Å². The maximum Gasteiger partial charge on any atom is 0.269 e. The third-order valence-electron chi connectivity index (χ3n) is 7.21. The number of anilines is 2. The zero-order chi connectivity index (χ0) is 28.9. The van der Waals surface area contributed by atoms with Crippen molar-refractivity contribution in [2.45, 2.75) is 13.3 Å². The SMILES string of the molecule is Cc1nnsc1C(=O)N1CCN(c2ccc(C(=O)N3CCCNCC3)cc2NC(=O)c2ccc([N+](=O)[O-])cc2)CC1. The van der Waals surface area contributed by atoms with Crippen LogP contribution in [0.2, 0.25) is 0 Å². The normalized spacial score (nSPS) is 15.8. The third-order valence-corrected chi connectivity index (χ3v) is 8.03. The molecule has 5 rings (SSSR count). The largest absolute Gasteiger partial charge is 0.366 e. The summed E-state index contributed by atoms with van der Waals surface area (Å²) < 4.78 is 3.86. The molecule has 3 heterocycles. The van der Waals surface area contributed by atoms with Crippen LogP contribution >= 0.6 is 11.5 Å². The van der Waals surface area contributed by atoms with Gasteiger partial charge < -0.3 is 25.3 Å². The topological polar surface area (TPSA) is 154 Å². The lowest BCUT2D eigenvalue weighted by atomic mass is 10.1. The van der Waals surface area contributed by atoms with Gasteiger partial charge in [-0.05, 0) is 61.8 Å². The lowest BCUT2D eigenvalue weighted by Gasteiger charge is -2.37. The first kappa shape index (κ1) is 28.1. The maximum absolute atomic E-state index is 13.4. The fourth-order valence-corrected chi connectivity index (χ4v) is 5.55. The number of non-ortho nitro benzene ring substituents is 1. The van der Waals surface area contributed by atoms with E-state index in [1.54, 1.807) is 28.9 Å². The van der Waals surface area contributed by atoms with Crippen LogP contribution in [0.1, 0.15) is 42.5 Å². The highest BCUT2D eigenvalue weighted by Gasteiger charge is 2.27. The zero-order valence-electron chi connectivity index (χ0n) is 22.5. The van der Waals surface area contributed by atoms with Crippen LogP contribution < -0.4 is 15.5 Å². The van der Waals surface area contributed by atoms with Gasteiger partial charge >= 0.3 is 0 Å². The van der Waals surface area contributed by atoms with Crippen molar-refractivity contribution in [2.24, 2.45) is 0 Å². The van der Waals surface area contributed by atoms with Crippen molar-refractivity contribution in [3.63, 3.8) is 0 Å². The van der Waals surface area contributed by atoms with Gasteiger partial charge in [-0.15, -0.1) is 5.10 Å². The van der Waals surface area contributed by atoms with E-state index in [0.29, 0.717) is 67.6 Å². The molecule has 3 aromatic rings. The Hall–Kier alpha value is -4.43. The summed E-state index contributed by atoms with van der Waals surface area (Å²) in [4.78, 5) is 56.2. The molecular weight excluding hydrogens is 548 g/mol. The molecule has 3 amide bonds. The van der Waals surface area contributed by atoms with E-state index in [9.17, 15) is 24.5 Å². The highest BCUT2D eigenvalue weighted by molar-refractivity contribution is 7.07. The van der Waals surface area contributed by atoms with Gasteiger partial charge in [0.25, 0.3) is 23.4 Å². The minimum absolute atomic E-state index is 0.100. The van der Waals surface area contributed by atoms with Gasteiger partial charge in [0, 0.05) is 69.1 Å². The molecule has 2 saturated heterocycles. The van der Waals surface area contributed by atoms with Crippen LogP contribution in [-0.2, 0) is 0 Å². The Bertz CT molecular complexity index is 1440. The number of rotatable bonds is 6. The molecule has 2 aliphatic heterocycles. The van der Waals surface area contributed by atoms with Gasteiger partial charge in [0.1, 0.15) is 4.88 Å².